The van der Waals surface area contributed by atoms with E-state index in [0.717, 1.165) is 43.0 Å². The zero-order chi connectivity index (χ0) is 19.0. The van der Waals surface area contributed by atoms with Crippen molar-refractivity contribution in [1.82, 2.24) is 19.5 Å². The maximum absolute atomic E-state index is 12.9. The first-order valence-electron chi connectivity index (χ1n) is 9.63. The van der Waals surface area contributed by atoms with Crippen LogP contribution in [0.15, 0.2) is 48.7 Å². The average Bonchev–Trinajstić information content (AvgIpc) is 3.11. The fraction of sp³-hybridized carbons (Fsp3) is 0.409. The van der Waals surface area contributed by atoms with Crippen LogP contribution in [0.25, 0.3) is 5.65 Å². The summed E-state index contributed by atoms with van der Waals surface area (Å²) in [6.45, 7) is 8.06. The fourth-order valence-corrected chi connectivity index (χ4v) is 3.77. The van der Waals surface area contributed by atoms with E-state index >= 15 is 0 Å². The van der Waals surface area contributed by atoms with Crippen LogP contribution in [0.4, 0.5) is 0 Å². The Bertz CT molecular complexity index is 944. The summed E-state index contributed by atoms with van der Waals surface area (Å²) in [5, 5.41) is 8.65. The predicted octanol–water partition coefficient (Wildman–Crippen LogP) is 4.05. The molecule has 1 aliphatic heterocycles. The van der Waals surface area contributed by atoms with Crippen LogP contribution in [0.2, 0.25) is 0 Å². The third kappa shape index (κ3) is 3.46. The molecule has 140 valence electrons. The van der Waals surface area contributed by atoms with Crippen molar-refractivity contribution in [3.05, 3.63) is 65.6 Å². The molecule has 1 amide bonds. The van der Waals surface area contributed by atoms with Crippen LogP contribution in [0.1, 0.15) is 61.3 Å². The summed E-state index contributed by atoms with van der Waals surface area (Å²) in [5.41, 5.74) is 3.00. The molecule has 0 atom stereocenters. The maximum atomic E-state index is 12.9. The number of benzene rings is 1. The predicted molar refractivity (Wildman–Crippen MR) is 106 cm³/mol. The summed E-state index contributed by atoms with van der Waals surface area (Å²) in [6, 6.07) is 14.0. The highest BCUT2D eigenvalue weighted by atomic mass is 16.2. The Morgan fingerprint density at radius 2 is 1.70 bits per heavy atom. The van der Waals surface area contributed by atoms with Gasteiger partial charge in [-0.2, -0.15) is 0 Å². The van der Waals surface area contributed by atoms with Crippen molar-refractivity contribution in [3.63, 3.8) is 0 Å². The summed E-state index contributed by atoms with van der Waals surface area (Å²) in [7, 11) is 0. The van der Waals surface area contributed by atoms with Crippen molar-refractivity contribution in [2.75, 3.05) is 13.1 Å². The number of pyridine rings is 1. The molecular formula is C22H26N4O. The van der Waals surface area contributed by atoms with E-state index in [1.807, 2.05) is 41.4 Å². The standard InChI is InChI=1S/C22H26N4O/c1-22(2,3)18-9-7-17(8-10-18)21(27)25-14-11-16(12-15-25)20-24-23-19-6-4-5-13-26(19)20/h4-10,13,16H,11-12,14-15H2,1-3H3. The highest BCUT2D eigenvalue weighted by Crippen LogP contribution is 2.28. The second kappa shape index (κ2) is 6.80. The van der Waals surface area contributed by atoms with Crippen LogP contribution in [0, 0.1) is 0 Å². The number of likely N-dealkylation sites (tertiary alicyclic amines) is 1. The Kier molecular flexibility index (Phi) is 4.46. The lowest BCUT2D eigenvalue weighted by atomic mass is 9.86. The summed E-state index contributed by atoms with van der Waals surface area (Å²) in [5.74, 6) is 1.47. The van der Waals surface area contributed by atoms with E-state index in [0.29, 0.717) is 5.92 Å². The van der Waals surface area contributed by atoms with Gasteiger partial charge in [0.2, 0.25) is 0 Å². The molecule has 0 unspecified atom stereocenters. The lowest BCUT2D eigenvalue weighted by Crippen LogP contribution is -2.38. The third-order valence-corrected chi connectivity index (χ3v) is 5.49. The molecule has 5 nitrogen and oxygen atoms in total. The average molecular weight is 362 g/mol. The van der Waals surface area contributed by atoms with Gasteiger partial charge in [0.15, 0.2) is 5.65 Å². The highest BCUT2D eigenvalue weighted by molar-refractivity contribution is 5.94. The molecule has 4 rings (SSSR count). The largest absolute Gasteiger partial charge is 0.339 e. The molecule has 1 aromatic carbocycles. The number of amides is 1. The molecule has 1 fully saturated rings. The summed E-state index contributed by atoms with van der Waals surface area (Å²) < 4.78 is 2.06. The Labute approximate surface area is 160 Å². The Balaban J connectivity index is 1.43. The number of piperidine rings is 1. The molecule has 1 aliphatic rings. The van der Waals surface area contributed by atoms with Gasteiger partial charge in [0.25, 0.3) is 5.91 Å². The van der Waals surface area contributed by atoms with Gasteiger partial charge in [0.1, 0.15) is 5.82 Å². The van der Waals surface area contributed by atoms with E-state index in [9.17, 15) is 4.79 Å². The number of aromatic nitrogens is 3. The maximum Gasteiger partial charge on any atom is 0.253 e. The molecule has 0 aliphatic carbocycles. The Morgan fingerprint density at radius 3 is 2.37 bits per heavy atom. The van der Waals surface area contributed by atoms with Crippen molar-refractivity contribution >= 4 is 11.6 Å². The molecule has 2 aromatic heterocycles. The zero-order valence-electron chi connectivity index (χ0n) is 16.2. The fourth-order valence-electron chi connectivity index (χ4n) is 3.77. The van der Waals surface area contributed by atoms with Gasteiger partial charge in [-0.25, -0.2) is 0 Å². The number of carbonyl (C=O) groups excluding carboxylic acids is 1. The molecule has 3 aromatic rings. The van der Waals surface area contributed by atoms with Gasteiger partial charge >= 0.3 is 0 Å². The van der Waals surface area contributed by atoms with Gasteiger partial charge < -0.3 is 4.90 Å². The van der Waals surface area contributed by atoms with E-state index in [2.05, 4.69) is 47.5 Å². The first-order chi connectivity index (χ1) is 12.9. The number of hydrogen-bond acceptors (Lipinski definition) is 3. The molecule has 0 N–H and O–H groups in total. The second-order valence-corrected chi connectivity index (χ2v) is 8.38. The van der Waals surface area contributed by atoms with Crippen LogP contribution in [-0.2, 0) is 5.41 Å². The van der Waals surface area contributed by atoms with Crippen LogP contribution in [0.5, 0.6) is 0 Å². The van der Waals surface area contributed by atoms with Gasteiger partial charge in [-0.05, 0) is 48.1 Å². The highest BCUT2D eigenvalue weighted by Gasteiger charge is 2.27. The minimum atomic E-state index is 0.0982. The monoisotopic (exact) mass is 362 g/mol. The van der Waals surface area contributed by atoms with Crippen LogP contribution in [-0.4, -0.2) is 38.5 Å². The molecular weight excluding hydrogens is 336 g/mol. The van der Waals surface area contributed by atoms with Crippen LogP contribution >= 0.6 is 0 Å². The van der Waals surface area contributed by atoms with Crippen molar-refractivity contribution in [1.29, 1.82) is 0 Å². The van der Waals surface area contributed by atoms with E-state index in [1.165, 1.54) is 5.56 Å². The van der Waals surface area contributed by atoms with Crippen molar-refractivity contribution in [2.45, 2.75) is 44.9 Å². The van der Waals surface area contributed by atoms with Gasteiger partial charge in [0, 0.05) is 30.8 Å². The second-order valence-electron chi connectivity index (χ2n) is 8.38. The molecule has 0 bridgehead atoms. The minimum absolute atomic E-state index is 0.0982. The minimum Gasteiger partial charge on any atom is -0.339 e. The van der Waals surface area contributed by atoms with E-state index in [1.54, 1.807) is 0 Å². The number of nitrogens with zero attached hydrogens (tertiary/aromatic N) is 4. The number of rotatable bonds is 2. The summed E-state index contributed by atoms with van der Waals surface area (Å²) >= 11 is 0. The van der Waals surface area contributed by atoms with Gasteiger partial charge in [-0.15, -0.1) is 10.2 Å². The first kappa shape index (κ1) is 17.7. The lowest BCUT2D eigenvalue weighted by Gasteiger charge is -2.31. The Hall–Kier alpha value is -2.69. The molecule has 0 spiro atoms. The molecule has 1 saturated heterocycles. The Morgan fingerprint density at radius 1 is 1.00 bits per heavy atom. The normalized spacial score (nSPS) is 16.0. The third-order valence-electron chi connectivity index (χ3n) is 5.49. The summed E-state index contributed by atoms with van der Waals surface area (Å²) in [4.78, 5) is 14.8. The number of carbonyl (C=O) groups is 1. The van der Waals surface area contributed by atoms with E-state index < -0.39 is 0 Å². The molecule has 3 heterocycles. The van der Waals surface area contributed by atoms with Crippen LogP contribution in [0.3, 0.4) is 0 Å². The van der Waals surface area contributed by atoms with Crippen molar-refractivity contribution in [3.8, 4) is 0 Å². The van der Waals surface area contributed by atoms with Gasteiger partial charge in [-0.1, -0.05) is 39.0 Å². The smallest absolute Gasteiger partial charge is 0.253 e. The molecule has 5 heteroatoms. The van der Waals surface area contributed by atoms with Crippen LogP contribution < -0.4 is 0 Å². The zero-order valence-corrected chi connectivity index (χ0v) is 16.2. The van der Waals surface area contributed by atoms with Crippen molar-refractivity contribution < 1.29 is 4.79 Å². The van der Waals surface area contributed by atoms with Crippen molar-refractivity contribution in [2.24, 2.45) is 0 Å². The van der Waals surface area contributed by atoms with Gasteiger partial charge in [-0.3, -0.25) is 9.20 Å². The van der Waals surface area contributed by atoms with E-state index in [-0.39, 0.29) is 11.3 Å². The summed E-state index contributed by atoms with van der Waals surface area (Å²) in [6.07, 6.45) is 3.85. The quantitative estimate of drug-likeness (QED) is 0.691. The molecule has 0 radical (unpaired) electrons. The SMILES string of the molecule is CC(C)(C)c1ccc(C(=O)N2CCC(c3nnc4ccccn34)CC2)cc1. The lowest BCUT2D eigenvalue weighted by molar-refractivity contribution is 0.0711. The number of hydrogen-bond donors (Lipinski definition) is 0. The topological polar surface area (TPSA) is 50.5 Å². The molecule has 27 heavy (non-hydrogen) atoms. The van der Waals surface area contributed by atoms with E-state index in [4.69, 9.17) is 0 Å². The molecule has 0 saturated carbocycles. The van der Waals surface area contributed by atoms with Gasteiger partial charge in [0.05, 0.1) is 0 Å². The number of fused-ring (bicyclic) bond motifs is 1. The first-order valence-corrected chi connectivity index (χ1v) is 9.63.